The molecule has 0 bridgehead atoms. The van der Waals surface area contributed by atoms with Gasteiger partial charge in [-0.3, -0.25) is 4.79 Å². The molecule has 1 aromatic carbocycles. The van der Waals surface area contributed by atoms with E-state index in [-0.39, 0.29) is 30.2 Å². The summed E-state index contributed by atoms with van der Waals surface area (Å²) in [5.74, 6) is -1.17. The van der Waals surface area contributed by atoms with Crippen LogP contribution in [0.5, 0.6) is 0 Å². The number of carbonyl (C=O) groups is 2. The van der Waals surface area contributed by atoms with Gasteiger partial charge in [0.05, 0.1) is 12.2 Å². The average molecular weight is 326 g/mol. The Kier molecular flexibility index (Phi) is 3.55. The lowest BCUT2D eigenvalue weighted by Crippen LogP contribution is -2.38. The van der Waals surface area contributed by atoms with Gasteiger partial charge in [-0.15, -0.1) is 5.10 Å². The van der Waals surface area contributed by atoms with Crippen LogP contribution in [0.2, 0.25) is 0 Å². The van der Waals surface area contributed by atoms with Gasteiger partial charge in [0.2, 0.25) is 5.91 Å². The highest BCUT2D eigenvalue weighted by Gasteiger charge is 2.40. The molecule has 1 fully saturated rings. The van der Waals surface area contributed by atoms with Crippen molar-refractivity contribution in [1.82, 2.24) is 19.9 Å². The van der Waals surface area contributed by atoms with Crippen LogP contribution in [-0.4, -0.2) is 42.9 Å². The fraction of sp³-hybridized carbons (Fsp3) is 0.412. The third kappa shape index (κ3) is 2.66. The van der Waals surface area contributed by atoms with Crippen molar-refractivity contribution in [2.45, 2.75) is 44.3 Å². The second-order valence-electron chi connectivity index (χ2n) is 6.39. The predicted molar refractivity (Wildman–Crippen MR) is 84.4 cm³/mol. The smallest absolute Gasteiger partial charge is 0.358 e. The highest BCUT2D eigenvalue weighted by Crippen LogP contribution is 2.41. The van der Waals surface area contributed by atoms with E-state index in [1.807, 2.05) is 17.0 Å². The first-order valence-electron chi connectivity index (χ1n) is 8.16. The Morgan fingerprint density at radius 1 is 1.25 bits per heavy atom. The Morgan fingerprint density at radius 3 is 2.75 bits per heavy atom. The predicted octanol–water partition coefficient (Wildman–Crippen LogP) is 1.65. The molecule has 2 aliphatic carbocycles. The Morgan fingerprint density at radius 2 is 2.04 bits per heavy atom. The minimum absolute atomic E-state index is 0.0233. The number of fused-ring (bicyclic) bond motifs is 1. The summed E-state index contributed by atoms with van der Waals surface area (Å²) < 4.78 is 1.31. The van der Waals surface area contributed by atoms with Gasteiger partial charge in [0, 0.05) is 6.04 Å². The molecule has 0 spiro atoms. The van der Waals surface area contributed by atoms with E-state index >= 15 is 0 Å². The molecule has 0 radical (unpaired) electrons. The molecule has 4 rings (SSSR count). The van der Waals surface area contributed by atoms with E-state index in [2.05, 4.69) is 22.4 Å². The largest absolute Gasteiger partial charge is 0.476 e. The summed E-state index contributed by atoms with van der Waals surface area (Å²) in [7, 11) is 0. The van der Waals surface area contributed by atoms with Gasteiger partial charge in [-0.2, -0.15) is 0 Å². The van der Waals surface area contributed by atoms with Crippen molar-refractivity contribution in [2.24, 2.45) is 0 Å². The molecule has 1 unspecified atom stereocenters. The van der Waals surface area contributed by atoms with Crippen LogP contribution in [-0.2, 0) is 17.8 Å². The maximum absolute atomic E-state index is 12.9. The fourth-order valence-electron chi connectivity index (χ4n) is 3.50. The van der Waals surface area contributed by atoms with Crippen LogP contribution < -0.4 is 0 Å². The number of rotatable bonds is 5. The number of aryl methyl sites for hydroxylation is 1. The number of hydrogen-bond donors (Lipinski definition) is 1. The van der Waals surface area contributed by atoms with Crippen molar-refractivity contribution < 1.29 is 14.7 Å². The summed E-state index contributed by atoms with van der Waals surface area (Å²) >= 11 is 0. The zero-order valence-electron chi connectivity index (χ0n) is 13.1. The third-order valence-corrected chi connectivity index (χ3v) is 4.72. The van der Waals surface area contributed by atoms with Crippen LogP contribution in [0.25, 0.3) is 0 Å². The standard InChI is InChI=1S/C17H18N4O3/c22-16(10-20-9-14(17(23)24)18-19-20)21(12-6-7-12)15-8-5-11-3-1-2-4-13(11)15/h1-4,9,12,15H,5-8,10H2,(H,23,24). The van der Waals surface area contributed by atoms with Crippen molar-refractivity contribution in [1.29, 1.82) is 0 Å². The number of carboxylic acid groups (broad SMARTS) is 1. The second-order valence-corrected chi connectivity index (χ2v) is 6.39. The van der Waals surface area contributed by atoms with Gasteiger partial charge < -0.3 is 10.0 Å². The highest BCUT2D eigenvalue weighted by molar-refractivity contribution is 5.85. The molecule has 1 N–H and O–H groups in total. The summed E-state index contributed by atoms with van der Waals surface area (Å²) in [4.78, 5) is 25.7. The SMILES string of the molecule is O=C(O)c1cn(CC(=O)N(C2CC2)C2CCc3ccccc32)nn1. The first-order chi connectivity index (χ1) is 11.6. The van der Waals surface area contributed by atoms with Crippen LogP contribution in [0.1, 0.15) is 46.9 Å². The molecule has 7 heteroatoms. The lowest BCUT2D eigenvalue weighted by atomic mass is 10.1. The summed E-state index contributed by atoms with van der Waals surface area (Å²) in [5.41, 5.74) is 2.41. The van der Waals surface area contributed by atoms with Crippen LogP contribution >= 0.6 is 0 Å². The Balaban J connectivity index is 1.55. The highest BCUT2D eigenvalue weighted by atomic mass is 16.4. The monoisotopic (exact) mass is 326 g/mol. The van der Waals surface area contributed by atoms with Gasteiger partial charge in [0.1, 0.15) is 6.54 Å². The summed E-state index contributed by atoms with van der Waals surface area (Å²) in [5, 5.41) is 16.2. The van der Waals surface area contributed by atoms with Gasteiger partial charge in [0.15, 0.2) is 5.69 Å². The van der Waals surface area contributed by atoms with Crippen LogP contribution in [0, 0.1) is 0 Å². The van der Waals surface area contributed by atoms with Gasteiger partial charge in [0.25, 0.3) is 0 Å². The Hall–Kier alpha value is -2.70. The first kappa shape index (κ1) is 14.9. The normalized spacial score (nSPS) is 19.1. The molecule has 7 nitrogen and oxygen atoms in total. The quantitative estimate of drug-likeness (QED) is 0.902. The minimum Gasteiger partial charge on any atom is -0.476 e. The van der Waals surface area contributed by atoms with Crippen LogP contribution in [0.4, 0.5) is 0 Å². The molecular formula is C17H18N4O3. The van der Waals surface area contributed by atoms with Crippen molar-refractivity contribution >= 4 is 11.9 Å². The van der Waals surface area contributed by atoms with Crippen LogP contribution in [0.3, 0.4) is 0 Å². The van der Waals surface area contributed by atoms with Gasteiger partial charge >= 0.3 is 5.97 Å². The Bertz CT molecular complexity index is 797. The molecule has 0 saturated heterocycles. The first-order valence-corrected chi connectivity index (χ1v) is 8.16. The van der Waals surface area contributed by atoms with Crippen molar-refractivity contribution in [2.75, 3.05) is 0 Å². The number of carbonyl (C=O) groups excluding carboxylic acids is 1. The number of aromatic nitrogens is 3. The summed E-state index contributed by atoms with van der Waals surface area (Å²) in [6, 6.07) is 8.69. The number of benzene rings is 1. The minimum atomic E-state index is -1.14. The molecule has 124 valence electrons. The number of nitrogens with zero attached hydrogens (tertiary/aromatic N) is 4. The van der Waals surface area contributed by atoms with Crippen molar-refractivity contribution in [3.63, 3.8) is 0 Å². The molecule has 1 aromatic heterocycles. The maximum atomic E-state index is 12.9. The van der Waals surface area contributed by atoms with Crippen LogP contribution in [0.15, 0.2) is 30.5 Å². The van der Waals surface area contributed by atoms with E-state index < -0.39 is 5.97 Å². The maximum Gasteiger partial charge on any atom is 0.358 e. The fourth-order valence-corrected chi connectivity index (χ4v) is 3.50. The van der Waals surface area contributed by atoms with E-state index in [9.17, 15) is 9.59 Å². The van der Waals surface area contributed by atoms with E-state index in [0.29, 0.717) is 0 Å². The van der Waals surface area contributed by atoms with Crippen molar-refractivity contribution in [3.05, 3.63) is 47.3 Å². The molecular weight excluding hydrogens is 308 g/mol. The van der Waals surface area contributed by atoms with Gasteiger partial charge in [-0.1, -0.05) is 29.5 Å². The van der Waals surface area contributed by atoms with E-state index in [1.165, 1.54) is 22.0 Å². The number of carboxylic acids is 1. The molecule has 24 heavy (non-hydrogen) atoms. The van der Waals surface area contributed by atoms with Crippen molar-refractivity contribution in [3.8, 4) is 0 Å². The average Bonchev–Trinajstić information content (AvgIpc) is 3.12. The number of aromatic carboxylic acids is 1. The molecule has 2 aromatic rings. The lowest BCUT2D eigenvalue weighted by Gasteiger charge is -2.30. The third-order valence-electron chi connectivity index (χ3n) is 4.72. The molecule has 2 aliphatic rings. The van der Waals surface area contributed by atoms with E-state index in [4.69, 9.17) is 5.11 Å². The topological polar surface area (TPSA) is 88.3 Å². The molecule has 1 atom stereocenters. The van der Waals surface area contributed by atoms with Gasteiger partial charge in [-0.05, 0) is 36.8 Å². The number of hydrogen-bond acceptors (Lipinski definition) is 4. The van der Waals surface area contributed by atoms with E-state index in [0.717, 1.165) is 25.7 Å². The zero-order valence-corrected chi connectivity index (χ0v) is 13.1. The molecule has 0 aliphatic heterocycles. The summed E-state index contributed by atoms with van der Waals surface area (Å²) in [6.07, 6.45) is 5.29. The van der Waals surface area contributed by atoms with Gasteiger partial charge in [-0.25, -0.2) is 9.48 Å². The Labute approximate surface area is 138 Å². The zero-order chi connectivity index (χ0) is 16.7. The second kappa shape index (κ2) is 5.74. The summed E-state index contributed by atoms with van der Waals surface area (Å²) in [6.45, 7) is 0.0233. The molecule has 1 saturated carbocycles. The van der Waals surface area contributed by atoms with E-state index in [1.54, 1.807) is 0 Å². The molecule has 1 amide bonds. The molecule has 1 heterocycles. The number of amides is 1. The lowest BCUT2D eigenvalue weighted by molar-refractivity contribution is -0.135.